The highest BCUT2D eigenvalue weighted by atomic mass is 127. The van der Waals surface area contributed by atoms with Crippen LogP contribution in [0.4, 0.5) is 0 Å². The SMILES string of the molecule is Ic1ncnc(I)c1CCc1ccccc1. The summed E-state index contributed by atoms with van der Waals surface area (Å²) in [6, 6.07) is 10.5. The molecule has 2 rings (SSSR count). The van der Waals surface area contributed by atoms with E-state index in [1.807, 2.05) is 6.07 Å². The molecule has 16 heavy (non-hydrogen) atoms. The summed E-state index contributed by atoms with van der Waals surface area (Å²) >= 11 is 4.55. The second-order valence-corrected chi connectivity index (χ2v) is 5.46. The summed E-state index contributed by atoms with van der Waals surface area (Å²) in [5.74, 6) is 0. The van der Waals surface area contributed by atoms with E-state index >= 15 is 0 Å². The summed E-state index contributed by atoms with van der Waals surface area (Å²) in [4.78, 5) is 8.45. The average molecular weight is 436 g/mol. The molecule has 0 N–H and O–H groups in total. The van der Waals surface area contributed by atoms with Gasteiger partial charge in [-0.3, -0.25) is 0 Å². The highest BCUT2D eigenvalue weighted by molar-refractivity contribution is 14.1. The predicted molar refractivity (Wildman–Crippen MR) is 81.3 cm³/mol. The third-order valence-electron chi connectivity index (χ3n) is 2.35. The van der Waals surface area contributed by atoms with Crippen LogP contribution in [0.1, 0.15) is 11.1 Å². The Morgan fingerprint density at radius 2 is 1.50 bits per heavy atom. The first kappa shape index (κ1) is 12.2. The lowest BCUT2D eigenvalue weighted by Gasteiger charge is -2.05. The van der Waals surface area contributed by atoms with E-state index in [1.165, 1.54) is 11.1 Å². The summed E-state index contributed by atoms with van der Waals surface area (Å²) < 4.78 is 2.13. The molecular formula is C12H10I2N2. The number of hydrogen-bond acceptors (Lipinski definition) is 2. The van der Waals surface area contributed by atoms with E-state index < -0.39 is 0 Å². The minimum atomic E-state index is 1.00. The van der Waals surface area contributed by atoms with Crippen molar-refractivity contribution in [2.24, 2.45) is 0 Å². The van der Waals surface area contributed by atoms with Gasteiger partial charge >= 0.3 is 0 Å². The van der Waals surface area contributed by atoms with Gasteiger partial charge in [-0.15, -0.1) is 0 Å². The zero-order valence-electron chi connectivity index (χ0n) is 8.53. The summed E-state index contributed by atoms with van der Waals surface area (Å²) in [5, 5.41) is 0. The van der Waals surface area contributed by atoms with Gasteiger partial charge in [-0.2, -0.15) is 0 Å². The van der Waals surface area contributed by atoms with E-state index in [2.05, 4.69) is 79.4 Å². The van der Waals surface area contributed by atoms with Crippen LogP contribution in [0.5, 0.6) is 0 Å². The number of rotatable bonds is 3. The van der Waals surface area contributed by atoms with Gasteiger partial charge in [-0.1, -0.05) is 30.3 Å². The normalized spacial score (nSPS) is 10.4. The topological polar surface area (TPSA) is 25.8 Å². The van der Waals surface area contributed by atoms with E-state index in [0.717, 1.165) is 20.2 Å². The summed E-state index contributed by atoms with van der Waals surface area (Å²) in [6.07, 6.45) is 3.66. The first-order valence-electron chi connectivity index (χ1n) is 4.96. The van der Waals surface area contributed by atoms with Crippen molar-refractivity contribution in [3.8, 4) is 0 Å². The van der Waals surface area contributed by atoms with Crippen LogP contribution in [-0.4, -0.2) is 9.97 Å². The molecule has 0 amide bonds. The van der Waals surface area contributed by atoms with Gasteiger partial charge in [-0.25, -0.2) is 9.97 Å². The molecule has 0 spiro atoms. The Balaban J connectivity index is 2.11. The van der Waals surface area contributed by atoms with Crippen LogP contribution in [0.15, 0.2) is 36.7 Å². The van der Waals surface area contributed by atoms with Gasteiger partial charge in [0.25, 0.3) is 0 Å². The Morgan fingerprint density at radius 1 is 0.875 bits per heavy atom. The van der Waals surface area contributed by atoms with Gasteiger partial charge in [-0.05, 0) is 63.6 Å². The molecule has 2 nitrogen and oxygen atoms in total. The fourth-order valence-electron chi connectivity index (χ4n) is 1.49. The van der Waals surface area contributed by atoms with Crippen molar-refractivity contribution in [1.29, 1.82) is 0 Å². The predicted octanol–water partition coefficient (Wildman–Crippen LogP) is 3.47. The number of halogens is 2. The summed E-state index contributed by atoms with van der Waals surface area (Å²) in [6.45, 7) is 0. The molecular weight excluding hydrogens is 426 g/mol. The zero-order valence-corrected chi connectivity index (χ0v) is 12.8. The Morgan fingerprint density at radius 3 is 2.12 bits per heavy atom. The molecule has 0 aliphatic heterocycles. The monoisotopic (exact) mass is 436 g/mol. The first-order chi connectivity index (χ1) is 7.77. The highest BCUT2D eigenvalue weighted by Crippen LogP contribution is 2.17. The number of benzene rings is 1. The minimum Gasteiger partial charge on any atom is -0.230 e. The average Bonchev–Trinajstić information content (AvgIpc) is 2.30. The van der Waals surface area contributed by atoms with Crippen molar-refractivity contribution in [2.45, 2.75) is 12.8 Å². The minimum absolute atomic E-state index is 1.00. The number of aromatic nitrogens is 2. The van der Waals surface area contributed by atoms with Crippen molar-refractivity contribution in [1.82, 2.24) is 9.97 Å². The fraction of sp³-hybridized carbons (Fsp3) is 0.167. The second kappa shape index (κ2) is 5.90. The number of hydrogen-bond donors (Lipinski definition) is 0. The van der Waals surface area contributed by atoms with E-state index in [4.69, 9.17) is 0 Å². The number of nitrogens with zero attached hydrogens (tertiary/aromatic N) is 2. The quantitative estimate of drug-likeness (QED) is 0.545. The molecule has 0 aliphatic carbocycles. The van der Waals surface area contributed by atoms with E-state index in [1.54, 1.807) is 6.33 Å². The van der Waals surface area contributed by atoms with Gasteiger partial charge in [0, 0.05) is 5.56 Å². The standard InChI is InChI=1S/C12H10I2N2/c13-11-10(12(14)16-8-15-11)7-6-9-4-2-1-3-5-9/h1-5,8H,6-7H2. The molecule has 2 aromatic rings. The molecule has 1 aromatic heterocycles. The van der Waals surface area contributed by atoms with Gasteiger partial charge in [0.1, 0.15) is 13.7 Å². The number of aryl methyl sites for hydroxylation is 1. The van der Waals surface area contributed by atoms with Crippen molar-refractivity contribution in [3.05, 3.63) is 55.2 Å². The molecule has 0 aliphatic rings. The van der Waals surface area contributed by atoms with E-state index in [9.17, 15) is 0 Å². The molecule has 0 saturated heterocycles. The summed E-state index contributed by atoms with van der Waals surface area (Å²) in [7, 11) is 0. The molecule has 4 heteroatoms. The first-order valence-corrected chi connectivity index (χ1v) is 7.12. The molecule has 0 saturated carbocycles. The van der Waals surface area contributed by atoms with E-state index in [-0.39, 0.29) is 0 Å². The van der Waals surface area contributed by atoms with Crippen LogP contribution >= 0.6 is 45.2 Å². The maximum Gasteiger partial charge on any atom is 0.117 e. The largest absolute Gasteiger partial charge is 0.230 e. The van der Waals surface area contributed by atoms with Gasteiger partial charge in [0.2, 0.25) is 0 Å². The molecule has 0 unspecified atom stereocenters. The maximum atomic E-state index is 4.22. The van der Waals surface area contributed by atoms with Crippen LogP contribution in [-0.2, 0) is 12.8 Å². The lowest BCUT2D eigenvalue weighted by molar-refractivity contribution is 0.905. The van der Waals surface area contributed by atoms with Gasteiger partial charge in [0.05, 0.1) is 0 Å². The lowest BCUT2D eigenvalue weighted by Crippen LogP contribution is -2.01. The molecule has 0 atom stereocenters. The van der Waals surface area contributed by atoms with Crippen molar-refractivity contribution in [2.75, 3.05) is 0 Å². The maximum absolute atomic E-state index is 4.22. The van der Waals surface area contributed by atoms with Crippen LogP contribution in [0, 0.1) is 7.40 Å². The van der Waals surface area contributed by atoms with Crippen LogP contribution < -0.4 is 0 Å². The Hall–Kier alpha value is -0.240. The van der Waals surface area contributed by atoms with Crippen LogP contribution in [0.25, 0.3) is 0 Å². The van der Waals surface area contributed by atoms with Gasteiger partial charge < -0.3 is 0 Å². The fourth-order valence-corrected chi connectivity index (χ4v) is 3.31. The highest BCUT2D eigenvalue weighted by Gasteiger charge is 2.06. The zero-order chi connectivity index (χ0) is 11.4. The van der Waals surface area contributed by atoms with Crippen molar-refractivity contribution >= 4 is 45.2 Å². The lowest BCUT2D eigenvalue weighted by atomic mass is 10.1. The van der Waals surface area contributed by atoms with Crippen molar-refractivity contribution < 1.29 is 0 Å². The van der Waals surface area contributed by atoms with Crippen LogP contribution in [0.2, 0.25) is 0 Å². The third kappa shape index (κ3) is 3.13. The molecule has 0 radical (unpaired) electrons. The molecule has 0 bridgehead atoms. The van der Waals surface area contributed by atoms with Crippen LogP contribution in [0.3, 0.4) is 0 Å². The van der Waals surface area contributed by atoms with Crippen molar-refractivity contribution in [3.63, 3.8) is 0 Å². The Bertz CT molecular complexity index is 451. The van der Waals surface area contributed by atoms with Gasteiger partial charge in [0.15, 0.2) is 0 Å². The van der Waals surface area contributed by atoms with E-state index in [0.29, 0.717) is 0 Å². The molecule has 0 fully saturated rings. The Labute approximate surface area is 122 Å². The molecule has 82 valence electrons. The summed E-state index contributed by atoms with van der Waals surface area (Å²) in [5.41, 5.74) is 2.62. The third-order valence-corrected chi connectivity index (χ3v) is 4.21. The second-order valence-electron chi connectivity index (χ2n) is 3.42. The molecule has 1 heterocycles. The molecule has 1 aromatic carbocycles. The smallest absolute Gasteiger partial charge is 0.117 e. The Kier molecular flexibility index (Phi) is 4.51.